The minimum Gasteiger partial charge on any atom is -0.340 e. The molecule has 0 saturated carbocycles. The first kappa shape index (κ1) is 21.9. The minimum absolute atomic E-state index is 0. The summed E-state index contributed by atoms with van der Waals surface area (Å²) in [7, 11) is 1.86. The van der Waals surface area contributed by atoms with Crippen molar-refractivity contribution in [3.05, 3.63) is 23.4 Å². The number of hydrogen-bond donors (Lipinski definition) is 1. The molecular formula is C15H23Cl2N5O2S. The molecule has 7 nitrogen and oxygen atoms in total. The van der Waals surface area contributed by atoms with Gasteiger partial charge in [0.1, 0.15) is 0 Å². The maximum Gasteiger partial charge on any atom is 0.241 e. The van der Waals surface area contributed by atoms with Crippen LogP contribution in [0.2, 0.25) is 0 Å². The second-order valence-corrected chi connectivity index (χ2v) is 6.45. The molecule has 1 amide bonds. The summed E-state index contributed by atoms with van der Waals surface area (Å²) in [5.74, 6) is 1.50. The second kappa shape index (κ2) is 10.7. The number of nitrogens with one attached hydrogen (secondary N) is 1. The predicted molar refractivity (Wildman–Crippen MR) is 103 cm³/mol. The van der Waals surface area contributed by atoms with Gasteiger partial charge in [-0.2, -0.15) is 4.98 Å². The number of nitrogens with zero attached hydrogens (tertiary/aromatic N) is 4. The lowest BCUT2D eigenvalue weighted by Gasteiger charge is -2.34. The van der Waals surface area contributed by atoms with Crippen molar-refractivity contribution in [2.75, 3.05) is 39.8 Å². The molecule has 0 aliphatic carbocycles. The lowest BCUT2D eigenvalue weighted by atomic mass is 10.2. The largest absolute Gasteiger partial charge is 0.340 e. The fourth-order valence-electron chi connectivity index (χ4n) is 2.56. The lowest BCUT2D eigenvalue weighted by molar-refractivity contribution is -0.132. The van der Waals surface area contributed by atoms with E-state index < -0.39 is 0 Å². The van der Waals surface area contributed by atoms with Crippen LogP contribution in [-0.2, 0) is 11.3 Å². The Hall–Kier alpha value is -1.19. The first-order valence-electron chi connectivity index (χ1n) is 7.77. The highest BCUT2D eigenvalue weighted by Gasteiger charge is 2.22. The van der Waals surface area contributed by atoms with Crippen LogP contribution >= 0.6 is 36.2 Å². The van der Waals surface area contributed by atoms with Gasteiger partial charge in [0.2, 0.25) is 17.6 Å². The first-order valence-corrected chi connectivity index (χ1v) is 8.65. The molecule has 0 spiro atoms. The molecule has 0 radical (unpaired) electrons. The summed E-state index contributed by atoms with van der Waals surface area (Å²) in [5, 5.41) is 9.03. The molecule has 3 rings (SSSR count). The smallest absolute Gasteiger partial charge is 0.241 e. The summed E-state index contributed by atoms with van der Waals surface area (Å²) < 4.78 is 5.33. The van der Waals surface area contributed by atoms with Gasteiger partial charge in [-0.3, -0.25) is 9.69 Å². The van der Waals surface area contributed by atoms with Crippen LogP contribution in [-0.4, -0.2) is 65.6 Å². The van der Waals surface area contributed by atoms with Crippen molar-refractivity contribution in [1.29, 1.82) is 0 Å². The maximum atomic E-state index is 12.0. The summed E-state index contributed by atoms with van der Waals surface area (Å²) >= 11 is 1.60. The van der Waals surface area contributed by atoms with Crippen LogP contribution in [0.25, 0.3) is 10.7 Å². The number of amides is 1. The van der Waals surface area contributed by atoms with Crippen molar-refractivity contribution in [3.63, 3.8) is 0 Å². The van der Waals surface area contributed by atoms with Gasteiger partial charge in [0.25, 0.3) is 0 Å². The number of halogens is 2. The number of hydrogen-bond acceptors (Lipinski definition) is 7. The number of rotatable bonds is 6. The Morgan fingerprint density at radius 2 is 2.08 bits per heavy atom. The van der Waals surface area contributed by atoms with Gasteiger partial charge in [-0.05, 0) is 18.5 Å². The lowest BCUT2D eigenvalue weighted by Crippen LogP contribution is -2.48. The molecule has 3 heterocycles. The molecule has 1 aliphatic heterocycles. The maximum absolute atomic E-state index is 12.0. The zero-order valence-corrected chi connectivity index (χ0v) is 16.5. The van der Waals surface area contributed by atoms with Crippen LogP contribution in [0.1, 0.15) is 12.3 Å². The molecule has 1 aliphatic rings. The zero-order chi connectivity index (χ0) is 16.1. The fourth-order valence-corrected chi connectivity index (χ4v) is 3.21. The molecule has 1 fully saturated rings. The molecular weight excluding hydrogens is 385 g/mol. The number of piperazine rings is 1. The average molecular weight is 408 g/mol. The Kier molecular flexibility index (Phi) is 9.37. The van der Waals surface area contributed by atoms with Crippen molar-refractivity contribution >= 4 is 42.1 Å². The summed E-state index contributed by atoms with van der Waals surface area (Å²) in [6.07, 6.45) is 0.560. The second-order valence-electron chi connectivity index (χ2n) is 5.50. The van der Waals surface area contributed by atoms with Gasteiger partial charge >= 0.3 is 0 Å². The van der Waals surface area contributed by atoms with E-state index >= 15 is 0 Å². The number of aromatic nitrogens is 2. The van der Waals surface area contributed by atoms with E-state index in [0.29, 0.717) is 24.7 Å². The third kappa shape index (κ3) is 5.93. The molecule has 1 saturated heterocycles. The van der Waals surface area contributed by atoms with Crippen LogP contribution in [0, 0.1) is 0 Å². The molecule has 25 heavy (non-hydrogen) atoms. The molecule has 2 aromatic heterocycles. The number of carbonyl (C=O) groups excluding carboxylic acids is 1. The standard InChI is InChI=1S/C15H21N5O2S.2ClH/c1-16-5-4-14(21)20-8-6-19(7-9-20)11-13-17-15(18-22-13)12-3-2-10-23-12;;/h2-3,10,16H,4-9,11H2,1H3;2*1H. The zero-order valence-electron chi connectivity index (χ0n) is 14.0. The van der Waals surface area contributed by atoms with Crippen LogP contribution in [0.5, 0.6) is 0 Å². The number of carbonyl (C=O) groups is 1. The first-order chi connectivity index (χ1) is 11.3. The van der Waals surface area contributed by atoms with Gasteiger partial charge in [-0.15, -0.1) is 36.2 Å². The van der Waals surface area contributed by atoms with Gasteiger partial charge in [0.15, 0.2) is 0 Å². The van der Waals surface area contributed by atoms with E-state index in [0.717, 1.165) is 37.6 Å². The van der Waals surface area contributed by atoms with E-state index in [1.54, 1.807) is 11.3 Å². The van der Waals surface area contributed by atoms with Gasteiger partial charge in [-0.1, -0.05) is 11.2 Å². The van der Waals surface area contributed by atoms with E-state index in [-0.39, 0.29) is 30.7 Å². The highest BCUT2D eigenvalue weighted by Crippen LogP contribution is 2.21. The van der Waals surface area contributed by atoms with Gasteiger partial charge in [0.05, 0.1) is 11.4 Å². The quantitative estimate of drug-likeness (QED) is 0.787. The topological polar surface area (TPSA) is 74.5 Å². The minimum atomic E-state index is 0. The predicted octanol–water partition coefficient (Wildman–Crippen LogP) is 1.90. The Bertz CT molecular complexity index is 630. The summed E-state index contributed by atoms with van der Waals surface area (Å²) in [6.45, 7) is 4.55. The molecule has 0 bridgehead atoms. The fraction of sp³-hybridized carbons (Fsp3) is 0.533. The van der Waals surface area contributed by atoms with Crippen LogP contribution in [0.15, 0.2) is 22.0 Å². The molecule has 0 aromatic carbocycles. The van der Waals surface area contributed by atoms with Crippen molar-refractivity contribution in [2.45, 2.75) is 13.0 Å². The SMILES string of the molecule is CNCCC(=O)N1CCN(Cc2nc(-c3cccs3)no2)CC1.Cl.Cl. The normalized spacial score (nSPS) is 14.7. The van der Waals surface area contributed by atoms with Crippen molar-refractivity contribution in [1.82, 2.24) is 25.3 Å². The van der Waals surface area contributed by atoms with Crippen molar-refractivity contribution in [2.24, 2.45) is 0 Å². The monoisotopic (exact) mass is 407 g/mol. The Morgan fingerprint density at radius 1 is 1.32 bits per heavy atom. The molecule has 1 N–H and O–H groups in total. The van der Waals surface area contributed by atoms with Gasteiger partial charge in [-0.25, -0.2) is 0 Å². The van der Waals surface area contributed by atoms with E-state index in [4.69, 9.17) is 4.52 Å². The molecule has 140 valence electrons. The van der Waals surface area contributed by atoms with Crippen molar-refractivity contribution < 1.29 is 9.32 Å². The molecule has 0 unspecified atom stereocenters. The van der Waals surface area contributed by atoms with E-state index in [1.807, 2.05) is 29.5 Å². The van der Waals surface area contributed by atoms with Crippen LogP contribution in [0.3, 0.4) is 0 Å². The third-order valence-electron chi connectivity index (χ3n) is 3.88. The molecule has 0 atom stereocenters. The Balaban J connectivity index is 0.00000156. The van der Waals surface area contributed by atoms with E-state index in [2.05, 4.69) is 20.4 Å². The Morgan fingerprint density at radius 3 is 2.72 bits per heavy atom. The van der Waals surface area contributed by atoms with Crippen molar-refractivity contribution in [3.8, 4) is 10.7 Å². The summed E-state index contributed by atoms with van der Waals surface area (Å²) in [4.78, 5) is 21.6. The molecule has 2 aromatic rings. The van der Waals surface area contributed by atoms with Crippen LogP contribution in [0.4, 0.5) is 0 Å². The number of thiophene rings is 1. The average Bonchev–Trinajstić information content (AvgIpc) is 3.24. The molecule has 10 heteroatoms. The van der Waals surface area contributed by atoms with Gasteiger partial charge < -0.3 is 14.7 Å². The van der Waals surface area contributed by atoms with E-state index in [9.17, 15) is 4.79 Å². The highest BCUT2D eigenvalue weighted by molar-refractivity contribution is 7.13. The summed E-state index contributed by atoms with van der Waals surface area (Å²) in [6, 6.07) is 3.95. The summed E-state index contributed by atoms with van der Waals surface area (Å²) in [5.41, 5.74) is 0. The highest BCUT2D eigenvalue weighted by atomic mass is 35.5. The van der Waals surface area contributed by atoms with Crippen LogP contribution < -0.4 is 5.32 Å². The van der Waals surface area contributed by atoms with E-state index in [1.165, 1.54) is 0 Å². The Labute approximate surface area is 163 Å². The van der Waals surface area contributed by atoms with Gasteiger partial charge in [0, 0.05) is 39.1 Å². The third-order valence-corrected chi connectivity index (χ3v) is 4.75.